The van der Waals surface area contributed by atoms with Crippen molar-refractivity contribution in [2.24, 2.45) is 0 Å². The molecule has 0 rings (SSSR count). The summed E-state index contributed by atoms with van der Waals surface area (Å²) in [5.41, 5.74) is -0.768. The van der Waals surface area contributed by atoms with Crippen molar-refractivity contribution in [2.75, 3.05) is 25.2 Å². The van der Waals surface area contributed by atoms with Gasteiger partial charge in [-0.1, -0.05) is 6.92 Å². The number of hydrogen-bond acceptors (Lipinski definition) is 5. The zero-order valence-electron chi connectivity index (χ0n) is 9.99. The molecule has 0 N–H and O–H groups in total. The van der Waals surface area contributed by atoms with Crippen molar-refractivity contribution in [3.8, 4) is 0 Å². The summed E-state index contributed by atoms with van der Waals surface area (Å²) >= 11 is 2.52. The van der Waals surface area contributed by atoms with Gasteiger partial charge in [-0.05, 0) is 25.9 Å². The monoisotopic (exact) mass is 288 g/mol. The fraction of sp³-hybridized carbons (Fsp3) is 0.778. The van der Waals surface area contributed by atoms with Gasteiger partial charge in [0, 0.05) is 0 Å². The van der Waals surface area contributed by atoms with Gasteiger partial charge < -0.3 is 9.05 Å². The van der Waals surface area contributed by atoms with Crippen LogP contribution < -0.4 is 0 Å². The maximum absolute atomic E-state index is 14.0. The standard InChI is InChI=1S/C9H18FO3PS2/c1-5-12-14(11,13-6-2)8(10)9(15-4)16-7-3/h5-7H2,1-4H3/b9-8+. The fourth-order valence-corrected chi connectivity index (χ4v) is 4.65. The SMILES string of the molecule is CCOP(=O)(OCC)/C(F)=C(\SC)SCC. The van der Waals surface area contributed by atoms with Gasteiger partial charge in [0.2, 0.25) is 5.57 Å². The van der Waals surface area contributed by atoms with Crippen LogP contribution in [0, 0.1) is 0 Å². The Kier molecular flexibility index (Phi) is 8.87. The Morgan fingerprint density at radius 3 is 2.06 bits per heavy atom. The van der Waals surface area contributed by atoms with Crippen molar-refractivity contribution in [1.29, 1.82) is 0 Å². The first-order valence-corrected chi connectivity index (χ1v) is 8.77. The van der Waals surface area contributed by atoms with E-state index < -0.39 is 13.2 Å². The third kappa shape index (κ3) is 4.80. The molecule has 0 aliphatic rings. The van der Waals surface area contributed by atoms with E-state index in [9.17, 15) is 8.96 Å². The van der Waals surface area contributed by atoms with Crippen LogP contribution in [-0.2, 0) is 13.6 Å². The highest BCUT2D eigenvalue weighted by Crippen LogP contribution is 2.60. The van der Waals surface area contributed by atoms with Crippen LogP contribution in [0.25, 0.3) is 0 Å². The van der Waals surface area contributed by atoms with E-state index in [1.807, 2.05) is 6.92 Å². The normalized spacial score (nSPS) is 13.8. The molecule has 16 heavy (non-hydrogen) atoms. The molecule has 0 radical (unpaired) electrons. The van der Waals surface area contributed by atoms with Crippen LogP contribution in [0.3, 0.4) is 0 Å². The maximum atomic E-state index is 14.0. The first-order valence-electron chi connectivity index (χ1n) is 5.01. The Morgan fingerprint density at radius 2 is 1.75 bits per heavy atom. The highest BCUT2D eigenvalue weighted by atomic mass is 32.2. The van der Waals surface area contributed by atoms with Gasteiger partial charge in [-0.3, -0.25) is 4.57 Å². The molecule has 0 atom stereocenters. The van der Waals surface area contributed by atoms with Gasteiger partial charge in [0.05, 0.1) is 17.5 Å². The van der Waals surface area contributed by atoms with Gasteiger partial charge in [0.25, 0.3) is 0 Å². The molecule has 0 aromatic carbocycles. The second-order valence-corrected chi connectivity index (χ2v) is 6.80. The first kappa shape index (κ1) is 16.5. The molecule has 0 unspecified atom stereocenters. The molecule has 0 aliphatic carbocycles. The van der Waals surface area contributed by atoms with Crippen molar-refractivity contribution in [1.82, 2.24) is 0 Å². The summed E-state index contributed by atoms with van der Waals surface area (Å²) in [5.74, 6) is 0.710. The molecule has 0 spiro atoms. The highest BCUT2D eigenvalue weighted by Gasteiger charge is 2.33. The van der Waals surface area contributed by atoms with Gasteiger partial charge in [-0.15, -0.1) is 23.5 Å². The Bertz CT molecular complexity index is 274. The predicted molar refractivity (Wildman–Crippen MR) is 70.6 cm³/mol. The van der Waals surface area contributed by atoms with E-state index in [4.69, 9.17) is 9.05 Å². The molecular weight excluding hydrogens is 270 g/mol. The molecular formula is C9H18FO3PS2. The zero-order valence-corrected chi connectivity index (χ0v) is 12.5. The average Bonchev–Trinajstić information content (AvgIpc) is 2.25. The van der Waals surface area contributed by atoms with E-state index in [1.54, 1.807) is 20.1 Å². The lowest BCUT2D eigenvalue weighted by molar-refractivity contribution is 0.220. The Morgan fingerprint density at radius 1 is 1.25 bits per heavy atom. The van der Waals surface area contributed by atoms with E-state index in [0.717, 1.165) is 0 Å². The quantitative estimate of drug-likeness (QED) is 0.616. The second kappa shape index (κ2) is 8.59. The molecule has 0 aliphatic heterocycles. The summed E-state index contributed by atoms with van der Waals surface area (Å²) in [7, 11) is -3.74. The molecule has 0 bridgehead atoms. The zero-order chi connectivity index (χ0) is 12.6. The predicted octanol–water partition coefficient (Wildman–Crippen LogP) is 4.46. The van der Waals surface area contributed by atoms with Crippen LogP contribution in [0.15, 0.2) is 9.81 Å². The summed E-state index contributed by atoms with van der Waals surface area (Å²) in [6.45, 7) is 5.53. The first-order chi connectivity index (χ1) is 7.55. The van der Waals surface area contributed by atoms with E-state index >= 15 is 0 Å². The Labute approximate surface area is 105 Å². The lowest BCUT2D eigenvalue weighted by atomic mass is 10.9. The van der Waals surface area contributed by atoms with E-state index in [-0.39, 0.29) is 13.2 Å². The summed E-state index contributed by atoms with van der Waals surface area (Å²) in [6.07, 6.45) is 1.74. The van der Waals surface area contributed by atoms with Crippen molar-refractivity contribution >= 4 is 31.1 Å². The molecule has 0 aromatic rings. The number of hydrogen-bond donors (Lipinski definition) is 0. The lowest BCUT2D eigenvalue weighted by Crippen LogP contribution is -1.97. The molecule has 0 fully saturated rings. The molecule has 0 saturated carbocycles. The summed E-state index contributed by atoms with van der Waals surface area (Å²) in [6, 6.07) is 0. The Balaban J connectivity index is 5.09. The van der Waals surface area contributed by atoms with Crippen molar-refractivity contribution in [3.63, 3.8) is 0 Å². The van der Waals surface area contributed by atoms with Crippen LogP contribution in [0.5, 0.6) is 0 Å². The van der Waals surface area contributed by atoms with Gasteiger partial charge in [-0.25, -0.2) is 0 Å². The number of rotatable bonds is 8. The van der Waals surface area contributed by atoms with E-state index in [1.165, 1.54) is 23.5 Å². The fourth-order valence-electron chi connectivity index (χ4n) is 0.936. The third-order valence-electron chi connectivity index (χ3n) is 1.47. The van der Waals surface area contributed by atoms with Gasteiger partial charge in [-0.2, -0.15) is 4.39 Å². The minimum Gasteiger partial charge on any atom is -0.304 e. The average molecular weight is 288 g/mol. The van der Waals surface area contributed by atoms with Gasteiger partial charge in [0.15, 0.2) is 0 Å². The molecule has 3 nitrogen and oxygen atoms in total. The van der Waals surface area contributed by atoms with Crippen LogP contribution >= 0.6 is 31.1 Å². The molecule has 7 heteroatoms. The topological polar surface area (TPSA) is 35.5 Å². The number of halogens is 1. The lowest BCUT2D eigenvalue weighted by Gasteiger charge is -2.16. The molecule has 0 saturated heterocycles. The van der Waals surface area contributed by atoms with Crippen molar-refractivity contribution in [2.45, 2.75) is 20.8 Å². The minimum atomic E-state index is -3.74. The molecule has 0 aromatic heterocycles. The third-order valence-corrected chi connectivity index (χ3v) is 5.80. The summed E-state index contributed by atoms with van der Waals surface area (Å²) in [4.78, 5) is 0. The Hall–Kier alpha value is 0.520. The van der Waals surface area contributed by atoms with Crippen LogP contribution in [0.1, 0.15) is 20.8 Å². The number of thioether (sulfide) groups is 2. The summed E-state index contributed by atoms with van der Waals surface area (Å²) < 4.78 is 36.3. The van der Waals surface area contributed by atoms with Crippen molar-refractivity contribution in [3.05, 3.63) is 9.81 Å². The second-order valence-electron chi connectivity index (χ2n) is 2.55. The maximum Gasteiger partial charge on any atom is 0.391 e. The van der Waals surface area contributed by atoms with E-state index in [2.05, 4.69) is 0 Å². The van der Waals surface area contributed by atoms with Crippen LogP contribution in [0.2, 0.25) is 0 Å². The van der Waals surface area contributed by atoms with Crippen molar-refractivity contribution < 1.29 is 18.0 Å². The molecule has 0 amide bonds. The van der Waals surface area contributed by atoms with Gasteiger partial charge in [0.1, 0.15) is 0 Å². The molecule has 0 heterocycles. The smallest absolute Gasteiger partial charge is 0.304 e. The molecule has 96 valence electrons. The van der Waals surface area contributed by atoms with Crippen LogP contribution in [-0.4, -0.2) is 25.2 Å². The van der Waals surface area contributed by atoms with Crippen LogP contribution in [0.4, 0.5) is 4.39 Å². The summed E-state index contributed by atoms with van der Waals surface area (Å²) in [5, 5.41) is 0. The van der Waals surface area contributed by atoms with E-state index in [0.29, 0.717) is 9.99 Å². The minimum absolute atomic E-state index is 0.156. The van der Waals surface area contributed by atoms with Gasteiger partial charge >= 0.3 is 7.60 Å². The highest BCUT2D eigenvalue weighted by molar-refractivity contribution is 8.22. The largest absolute Gasteiger partial charge is 0.391 e.